The lowest BCUT2D eigenvalue weighted by Gasteiger charge is -2.19. The molecule has 104 valence electrons. The average Bonchev–Trinajstić information content (AvgIpc) is 2.94. The number of aliphatic hydroxyl groups is 1. The lowest BCUT2D eigenvalue weighted by atomic mass is 10.00. The van der Waals surface area contributed by atoms with Crippen LogP contribution in [0.5, 0.6) is 0 Å². The van der Waals surface area contributed by atoms with E-state index >= 15 is 0 Å². The number of hydrogen-bond donors (Lipinski definition) is 2. The highest BCUT2D eigenvalue weighted by atomic mass is 19.1. The Hall–Kier alpha value is -0.970. The predicted molar refractivity (Wildman–Crippen MR) is 71.8 cm³/mol. The van der Waals surface area contributed by atoms with Crippen molar-refractivity contribution < 1.29 is 9.50 Å². The minimum Gasteiger partial charge on any atom is -0.393 e. The van der Waals surface area contributed by atoms with E-state index in [2.05, 4.69) is 4.90 Å². The van der Waals surface area contributed by atoms with Gasteiger partial charge in [-0.25, -0.2) is 4.39 Å². The maximum Gasteiger partial charge on any atom is 0.123 e. The highest BCUT2D eigenvalue weighted by molar-refractivity contribution is 5.28. The second kappa shape index (κ2) is 5.19. The van der Waals surface area contributed by atoms with Gasteiger partial charge in [-0.05, 0) is 42.0 Å². The van der Waals surface area contributed by atoms with Gasteiger partial charge in [-0.15, -0.1) is 0 Å². The van der Waals surface area contributed by atoms with E-state index in [1.54, 1.807) is 0 Å². The fourth-order valence-corrected chi connectivity index (χ4v) is 3.64. The zero-order valence-corrected chi connectivity index (χ0v) is 11.1. The van der Waals surface area contributed by atoms with Gasteiger partial charge >= 0.3 is 0 Å². The molecule has 1 heterocycles. The number of nitrogens with zero attached hydrogens (tertiary/aromatic N) is 1. The number of rotatable bonds is 3. The largest absolute Gasteiger partial charge is 0.393 e. The molecule has 3 rings (SSSR count). The van der Waals surface area contributed by atoms with Crippen LogP contribution in [0.1, 0.15) is 24.0 Å². The first-order valence-corrected chi connectivity index (χ1v) is 7.05. The standard InChI is InChI=1S/C15H21FN2O/c16-13-3-1-10(12(5-13)6-17)7-18-8-11-2-4-15(19)14(11)9-18/h1,3,5,11,14-15,19H,2,4,6-9,17H2. The van der Waals surface area contributed by atoms with Crippen LogP contribution in [-0.4, -0.2) is 29.2 Å². The third kappa shape index (κ3) is 2.53. The summed E-state index contributed by atoms with van der Waals surface area (Å²) in [6.07, 6.45) is 1.96. The number of likely N-dealkylation sites (tertiary alicyclic amines) is 1. The topological polar surface area (TPSA) is 49.5 Å². The minimum atomic E-state index is -0.224. The Balaban J connectivity index is 1.70. The van der Waals surface area contributed by atoms with Gasteiger partial charge in [0.05, 0.1) is 6.10 Å². The second-order valence-corrected chi connectivity index (χ2v) is 5.88. The highest BCUT2D eigenvalue weighted by Crippen LogP contribution is 2.38. The Kier molecular flexibility index (Phi) is 3.56. The van der Waals surface area contributed by atoms with Crippen LogP contribution in [0.3, 0.4) is 0 Å². The summed E-state index contributed by atoms with van der Waals surface area (Å²) < 4.78 is 13.2. The fourth-order valence-electron chi connectivity index (χ4n) is 3.64. The summed E-state index contributed by atoms with van der Waals surface area (Å²) in [6.45, 7) is 3.18. The molecule has 0 bridgehead atoms. The average molecular weight is 264 g/mol. The molecule has 4 heteroatoms. The van der Waals surface area contributed by atoms with Crippen molar-refractivity contribution in [3.63, 3.8) is 0 Å². The first-order valence-electron chi connectivity index (χ1n) is 7.05. The summed E-state index contributed by atoms with van der Waals surface area (Å²) in [5.74, 6) is 0.844. The molecule has 3 atom stereocenters. The molecule has 3 N–H and O–H groups in total. The molecule has 1 aromatic carbocycles. The summed E-state index contributed by atoms with van der Waals surface area (Å²) in [5.41, 5.74) is 7.68. The van der Waals surface area contributed by atoms with Gasteiger partial charge in [0, 0.05) is 32.1 Å². The van der Waals surface area contributed by atoms with Gasteiger partial charge < -0.3 is 10.8 Å². The Morgan fingerprint density at radius 3 is 2.84 bits per heavy atom. The Labute approximate surface area is 113 Å². The van der Waals surface area contributed by atoms with Crippen molar-refractivity contribution >= 4 is 0 Å². The van der Waals surface area contributed by atoms with E-state index in [9.17, 15) is 9.50 Å². The quantitative estimate of drug-likeness (QED) is 0.869. The van der Waals surface area contributed by atoms with Gasteiger partial charge in [-0.2, -0.15) is 0 Å². The molecule has 1 aliphatic heterocycles. The summed E-state index contributed by atoms with van der Waals surface area (Å²) in [4.78, 5) is 2.37. The predicted octanol–water partition coefficient (Wildman–Crippen LogP) is 1.49. The Bertz CT molecular complexity index is 465. The van der Waals surface area contributed by atoms with Crippen LogP contribution < -0.4 is 5.73 Å². The number of aliphatic hydroxyl groups excluding tert-OH is 1. The van der Waals surface area contributed by atoms with Crippen LogP contribution in [0.25, 0.3) is 0 Å². The van der Waals surface area contributed by atoms with E-state index in [1.807, 2.05) is 6.07 Å². The molecule has 1 aliphatic carbocycles. The van der Waals surface area contributed by atoms with E-state index in [-0.39, 0.29) is 11.9 Å². The molecule has 0 spiro atoms. The molecule has 19 heavy (non-hydrogen) atoms. The summed E-state index contributed by atoms with van der Waals surface area (Å²) >= 11 is 0. The molecule has 3 unspecified atom stereocenters. The normalized spacial score (nSPS) is 30.8. The molecule has 2 aliphatic rings. The smallest absolute Gasteiger partial charge is 0.123 e. The van der Waals surface area contributed by atoms with Crippen molar-refractivity contribution in [1.29, 1.82) is 0 Å². The number of benzene rings is 1. The van der Waals surface area contributed by atoms with Crippen LogP contribution in [0.4, 0.5) is 4.39 Å². The monoisotopic (exact) mass is 264 g/mol. The summed E-state index contributed by atoms with van der Waals surface area (Å²) in [6, 6.07) is 4.86. The van der Waals surface area contributed by atoms with E-state index in [4.69, 9.17) is 5.73 Å². The first-order chi connectivity index (χ1) is 9.17. The number of nitrogens with two attached hydrogens (primary N) is 1. The molecule has 1 aromatic rings. The molecule has 0 aromatic heterocycles. The molecule has 0 amide bonds. The van der Waals surface area contributed by atoms with Crippen molar-refractivity contribution in [2.24, 2.45) is 17.6 Å². The van der Waals surface area contributed by atoms with Gasteiger partial charge in [0.1, 0.15) is 5.82 Å². The number of hydrogen-bond acceptors (Lipinski definition) is 3. The minimum absolute atomic E-state index is 0.128. The van der Waals surface area contributed by atoms with Crippen molar-refractivity contribution in [3.8, 4) is 0 Å². The van der Waals surface area contributed by atoms with E-state index in [0.717, 1.165) is 43.6 Å². The molecule has 3 nitrogen and oxygen atoms in total. The zero-order chi connectivity index (χ0) is 13.4. The molecular formula is C15H21FN2O. The van der Waals surface area contributed by atoms with E-state index < -0.39 is 0 Å². The van der Waals surface area contributed by atoms with Crippen LogP contribution >= 0.6 is 0 Å². The molecule has 2 fully saturated rings. The third-order valence-electron chi connectivity index (χ3n) is 4.68. The fraction of sp³-hybridized carbons (Fsp3) is 0.600. The zero-order valence-electron chi connectivity index (χ0n) is 11.1. The SMILES string of the molecule is NCc1cc(F)ccc1CN1CC2CCC(O)C2C1. The van der Waals surface area contributed by atoms with Crippen molar-refractivity contribution in [1.82, 2.24) is 4.90 Å². The number of halogens is 1. The van der Waals surface area contributed by atoms with Crippen LogP contribution in [-0.2, 0) is 13.1 Å². The summed E-state index contributed by atoms with van der Waals surface area (Å²) in [7, 11) is 0. The number of fused-ring (bicyclic) bond motifs is 1. The van der Waals surface area contributed by atoms with Crippen molar-refractivity contribution in [3.05, 3.63) is 35.1 Å². The van der Waals surface area contributed by atoms with Gasteiger partial charge in [-0.1, -0.05) is 6.07 Å². The lowest BCUT2D eigenvalue weighted by molar-refractivity contribution is 0.123. The van der Waals surface area contributed by atoms with Gasteiger partial charge in [0.25, 0.3) is 0 Å². The third-order valence-corrected chi connectivity index (χ3v) is 4.68. The second-order valence-electron chi connectivity index (χ2n) is 5.88. The Morgan fingerprint density at radius 1 is 1.26 bits per heavy atom. The molecule has 1 saturated heterocycles. The Morgan fingerprint density at radius 2 is 2.11 bits per heavy atom. The van der Waals surface area contributed by atoms with Crippen LogP contribution in [0.2, 0.25) is 0 Å². The maximum absolute atomic E-state index is 13.2. The first kappa shape index (κ1) is 13.0. The van der Waals surface area contributed by atoms with Gasteiger partial charge in [-0.3, -0.25) is 4.90 Å². The van der Waals surface area contributed by atoms with E-state index in [0.29, 0.717) is 18.4 Å². The highest BCUT2D eigenvalue weighted by Gasteiger charge is 2.41. The van der Waals surface area contributed by atoms with Crippen molar-refractivity contribution in [2.75, 3.05) is 13.1 Å². The lowest BCUT2D eigenvalue weighted by Crippen LogP contribution is -2.25. The molecule has 0 radical (unpaired) electrons. The van der Waals surface area contributed by atoms with Crippen molar-refractivity contribution in [2.45, 2.75) is 32.0 Å². The van der Waals surface area contributed by atoms with Gasteiger partial charge in [0.2, 0.25) is 0 Å². The molecular weight excluding hydrogens is 243 g/mol. The summed E-state index contributed by atoms with van der Waals surface area (Å²) in [5, 5.41) is 9.92. The van der Waals surface area contributed by atoms with E-state index in [1.165, 1.54) is 12.1 Å². The maximum atomic E-state index is 13.2. The van der Waals surface area contributed by atoms with Crippen LogP contribution in [0.15, 0.2) is 18.2 Å². The molecule has 1 saturated carbocycles. The van der Waals surface area contributed by atoms with Gasteiger partial charge in [0.15, 0.2) is 0 Å². The van der Waals surface area contributed by atoms with Crippen LogP contribution in [0, 0.1) is 17.7 Å².